The zero-order chi connectivity index (χ0) is 10.8. The predicted octanol–water partition coefficient (Wildman–Crippen LogP) is 2.05. The molecule has 0 spiro atoms. The number of carbonyl (C=O) groups is 1. The van der Waals surface area contributed by atoms with Crippen molar-refractivity contribution in [1.82, 2.24) is 9.78 Å². The van der Waals surface area contributed by atoms with E-state index in [1.54, 1.807) is 18.2 Å². The zero-order valence-electron chi connectivity index (χ0n) is 7.88. The molecular weight excluding hydrogens is 198 g/mol. The molecule has 0 bridgehead atoms. The highest BCUT2D eigenvalue weighted by molar-refractivity contribution is 5.94. The Bertz CT molecular complexity index is 532. The molecule has 0 fully saturated rings. The fourth-order valence-corrected chi connectivity index (χ4v) is 1.35. The van der Waals surface area contributed by atoms with Gasteiger partial charge >= 0.3 is 6.09 Å². The fraction of sp³-hybridized carbons (Fsp3) is 0.111. The van der Waals surface area contributed by atoms with Crippen LogP contribution < -0.4 is 0 Å². The van der Waals surface area contributed by atoms with Gasteiger partial charge in [-0.2, -0.15) is 9.78 Å². The van der Waals surface area contributed by atoms with Crippen LogP contribution in [0.3, 0.4) is 0 Å². The lowest BCUT2D eigenvalue weighted by Crippen LogP contribution is -2.12. The molecule has 0 N–H and O–H groups in total. The Balaban J connectivity index is 2.71. The standard InChI is InChI=1S/C9H7N3O3/c1-15-9(13)12-8-4-2-3-7(11-14)6(8)5-10-12/h2-5H,1H3. The lowest BCUT2D eigenvalue weighted by atomic mass is 10.2. The second kappa shape index (κ2) is 3.49. The van der Waals surface area contributed by atoms with Gasteiger partial charge < -0.3 is 4.74 Å². The van der Waals surface area contributed by atoms with Crippen molar-refractivity contribution in [2.45, 2.75) is 0 Å². The van der Waals surface area contributed by atoms with E-state index in [4.69, 9.17) is 0 Å². The second-order valence-corrected chi connectivity index (χ2v) is 2.83. The number of methoxy groups -OCH3 is 1. The maximum Gasteiger partial charge on any atom is 0.434 e. The molecule has 0 saturated carbocycles. The number of nitroso groups, excluding NO2 is 1. The zero-order valence-corrected chi connectivity index (χ0v) is 7.88. The molecule has 6 heteroatoms. The molecule has 0 aliphatic carbocycles. The number of nitrogens with zero attached hydrogens (tertiary/aromatic N) is 3. The van der Waals surface area contributed by atoms with Crippen LogP contribution in [-0.2, 0) is 4.74 Å². The molecule has 0 aliphatic rings. The lowest BCUT2D eigenvalue weighted by Gasteiger charge is -1.99. The average Bonchev–Trinajstić information content (AvgIpc) is 2.71. The Hall–Kier alpha value is -2.24. The monoisotopic (exact) mass is 205 g/mol. The third-order valence-electron chi connectivity index (χ3n) is 2.04. The Labute approximate surface area is 84.4 Å². The molecule has 0 unspecified atom stereocenters. The molecule has 2 aromatic rings. The summed E-state index contributed by atoms with van der Waals surface area (Å²) < 4.78 is 5.60. The summed E-state index contributed by atoms with van der Waals surface area (Å²) in [5, 5.41) is 7.19. The van der Waals surface area contributed by atoms with E-state index in [0.29, 0.717) is 10.9 Å². The molecule has 0 atom stereocenters. The van der Waals surface area contributed by atoms with Crippen molar-refractivity contribution in [2.75, 3.05) is 7.11 Å². The minimum atomic E-state index is -0.604. The van der Waals surface area contributed by atoms with Gasteiger partial charge in [0.15, 0.2) is 0 Å². The first-order valence-corrected chi connectivity index (χ1v) is 4.16. The molecule has 0 aliphatic heterocycles. The SMILES string of the molecule is COC(=O)n1ncc2c(N=O)cccc21. The van der Waals surface area contributed by atoms with Gasteiger partial charge in [-0.05, 0) is 17.3 Å². The van der Waals surface area contributed by atoms with Gasteiger partial charge in [-0.15, -0.1) is 4.91 Å². The third-order valence-corrected chi connectivity index (χ3v) is 2.04. The quantitative estimate of drug-likeness (QED) is 0.667. The number of aromatic nitrogens is 2. The van der Waals surface area contributed by atoms with Gasteiger partial charge in [-0.25, -0.2) is 4.79 Å². The fourth-order valence-electron chi connectivity index (χ4n) is 1.35. The van der Waals surface area contributed by atoms with E-state index in [0.717, 1.165) is 4.68 Å². The summed E-state index contributed by atoms with van der Waals surface area (Å²) >= 11 is 0. The van der Waals surface area contributed by atoms with Crippen LogP contribution in [0, 0.1) is 4.91 Å². The lowest BCUT2D eigenvalue weighted by molar-refractivity contribution is 0.170. The Kier molecular flexibility index (Phi) is 2.17. The Morgan fingerprint density at radius 1 is 1.53 bits per heavy atom. The molecule has 0 radical (unpaired) electrons. The summed E-state index contributed by atoms with van der Waals surface area (Å²) in [6.07, 6.45) is 0.802. The van der Waals surface area contributed by atoms with Crippen molar-refractivity contribution >= 4 is 22.7 Å². The molecule has 1 aromatic carbocycles. The van der Waals surface area contributed by atoms with E-state index in [2.05, 4.69) is 15.0 Å². The van der Waals surface area contributed by atoms with Crippen LogP contribution in [-0.4, -0.2) is 23.0 Å². The van der Waals surface area contributed by atoms with Crippen molar-refractivity contribution in [3.8, 4) is 0 Å². The number of carbonyl (C=O) groups excluding carboxylic acids is 1. The van der Waals surface area contributed by atoms with E-state index in [1.807, 2.05) is 0 Å². The minimum Gasteiger partial charge on any atom is -0.451 e. The van der Waals surface area contributed by atoms with Crippen LogP contribution in [0.15, 0.2) is 29.6 Å². The third kappa shape index (κ3) is 1.35. The predicted molar refractivity (Wildman–Crippen MR) is 53.0 cm³/mol. The number of benzene rings is 1. The molecule has 15 heavy (non-hydrogen) atoms. The number of hydrogen-bond donors (Lipinski definition) is 0. The highest BCUT2D eigenvalue weighted by Gasteiger charge is 2.12. The molecule has 0 amide bonds. The van der Waals surface area contributed by atoms with Crippen LogP contribution in [0.2, 0.25) is 0 Å². The molecule has 1 heterocycles. The number of hydrogen-bond acceptors (Lipinski definition) is 5. The normalized spacial score (nSPS) is 10.2. The Morgan fingerprint density at radius 3 is 3.00 bits per heavy atom. The van der Waals surface area contributed by atoms with Gasteiger partial charge in [0.1, 0.15) is 5.69 Å². The number of ether oxygens (including phenoxy) is 1. The summed E-state index contributed by atoms with van der Waals surface area (Å²) in [5.74, 6) is 0. The van der Waals surface area contributed by atoms with Gasteiger partial charge in [0.05, 0.1) is 18.8 Å². The molecule has 1 aromatic heterocycles. The van der Waals surface area contributed by atoms with Crippen molar-refractivity contribution in [3.05, 3.63) is 29.3 Å². The van der Waals surface area contributed by atoms with Crippen molar-refractivity contribution in [2.24, 2.45) is 5.18 Å². The average molecular weight is 205 g/mol. The van der Waals surface area contributed by atoms with Crippen LogP contribution >= 0.6 is 0 Å². The van der Waals surface area contributed by atoms with E-state index in [1.165, 1.54) is 13.3 Å². The topological polar surface area (TPSA) is 73.6 Å². The van der Waals surface area contributed by atoms with E-state index >= 15 is 0 Å². The maximum atomic E-state index is 11.3. The minimum absolute atomic E-state index is 0.252. The molecular formula is C9H7N3O3. The van der Waals surface area contributed by atoms with Gasteiger partial charge in [0.25, 0.3) is 0 Å². The molecule has 0 saturated heterocycles. The van der Waals surface area contributed by atoms with Crippen molar-refractivity contribution in [1.29, 1.82) is 0 Å². The van der Waals surface area contributed by atoms with Gasteiger partial charge in [0.2, 0.25) is 0 Å². The largest absolute Gasteiger partial charge is 0.451 e. The van der Waals surface area contributed by atoms with Crippen LogP contribution in [0.4, 0.5) is 10.5 Å². The summed E-state index contributed by atoms with van der Waals surface area (Å²) in [5.41, 5.74) is 0.751. The highest BCUT2D eigenvalue weighted by Crippen LogP contribution is 2.25. The van der Waals surface area contributed by atoms with Gasteiger partial charge in [-0.1, -0.05) is 6.07 Å². The van der Waals surface area contributed by atoms with E-state index in [9.17, 15) is 9.70 Å². The maximum absolute atomic E-state index is 11.3. The van der Waals surface area contributed by atoms with Gasteiger partial charge in [-0.3, -0.25) is 0 Å². The molecule has 6 nitrogen and oxygen atoms in total. The first-order chi connectivity index (χ1) is 7.27. The van der Waals surface area contributed by atoms with Crippen LogP contribution in [0.1, 0.15) is 0 Å². The van der Waals surface area contributed by atoms with Crippen LogP contribution in [0.25, 0.3) is 10.9 Å². The summed E-state index contributed by atoms with van der Waals surface area (Å²) in [4.78, 5) is 21.7. The first-order valence-electron chi connectivity index (χ1n) is 4.16. The Morgan fingerprint density at radius 2 is 2.33 bits per heavy atom. The number of fused-ring (bicyclic) bond motifs is 1. The molecule has 2 rings (SSSR count). The van der Waals surface area contributed by atoms with Gasteiger partial charge in [0, 0.05) is 5.39 Å². The van der Waals surface area contributed by atoms with E-state index in [-0.39, 0.29) is 5.69 Å². The summed E-state index contributed by atoms with van der Waals surface area (Å²) in [6.45, 7) is 0. The smallest absolute Gasteiger partial charge is 0.434 e. The van der Waals surface area contributed by atoms with Crippen molar-refractivity contribution in [3.63, 3.8) is 0 Å². The summed E-state index contributed by atoms with van der Waals surface area (Å²) in [6, 6.07) is 4.84. The first kappa shape index (κ1) is 9.32. The summed E-state index contributed by atoms with van der Waals surface area (Å²) in [7, 11) is 1.26. The number of rotatable bonds is 1. The van der Waals surface area contributed by atoms with E-state index < -0.39 is 6.09 Å². The second-order valence-electron chi connectivity index (χ2n) is 2.83. The molecule has 76 valence electrons. The van der Waals surface area contributed by atoms with Crippen LogP contribution in [0.5, 0.6) is 0 Å². The highest BCUT2D eigenvalue weighted by atomic mass is 16.5. The van der Waals surface area contributed by atoms with Crippen molar-refractivity contribution < 1.29 is 9.53 Å².